The molecule has 8 heteroatoms. The van der Waals surface area contributed by atoms with E-state index in [1.54, 1.807) is 12.3 Å². The number of ether oxygens (including phenoxy) is 2. The summed E-state index contributed by atoms with van der Waals surface area (Å²) in [5.41, 5.74) is 2.26. The summed E-state index contributed by atoms with van der Waals surface area (Å²) in [6, 6.07) is 12.7. The average Bonchev–Trinajstić information content (AvgIpc) is 3.30. The Hall–Kier alpha value is -3.94. The highest BCUT2D eigenvalue weighted by atomic mass is 19.1. The van der Waals surface area contributed by atoms with Crippen molar-refractivity contribution in [1.29, 1.82) is 0 Å². The second kappa shape index (κ2) is 7.05. The van der Waals surface area contributed by atoms with Gasteiger partial charge >= 0.3 is 0 Å². The third-order valence-electron chi connectivity index (χ3n) is 6.06. The van der Waals surface area contributed by atoms with Crippen LogP contribution in [0.4, 0.5) is 10.2 Å². The van der Waals surface area contributed by atoms with Gasteiger partial charge < -0.3 is 20.1 Å². The van der Waals surface area contributed by atoms with Crippen molar-refractivity contribution in [1.82, 2.24) is 10.3 Å². The van der Waals surface area contributed by atoms with Gasteiger partial charge in [-0.25, -0.2) is 9.37 Å². The first kappa shape index (κ1) is 18.8. The monoisotopic (exact) mass is 431 g/mol. The van der Waals surface area contributed by atoms with Crippen LogP contribution in [0.3, 0.4) is 0 Å². The molecule has 2 aromatic carbocycles. The molecule has 0 unspecified atom stereocenters. The Balaban J connectivity index is 1.19. The number of rotatable bonds is 4. The molecule has 3 aromatic rings. The Morgan fingerprint density at radius 2 is 2.00 bits per heavy atom. The standard InChI is InChI=1S/C24H18FN3O4/c25-13-3-1-12(2-4-13)24(30)28-21-20-16-11-14(5-7-17(16)32-22(20)21)31-18-9-10-26-23-15(18)6-8-19(29)27-23/h1-5,7,9-11,20-22H,6,8H2,(H,28,30)(H,26,27,29)/t20-,21+,22-/m0/s1. The van der Waals surface area contributed by atoms with E-state index < -0.39 is 0 Å². The summed E-state index contributed by atoms with van der Waals surface area (Å²) in [4.78, 5) is 28.3. The van der Waals surface area contributed by atoms with Gasteiger partial charge in [0.15, 0.2) is 0 Å². The van der Waals surface area contributed by atoms with Crippen molar-refractivity contribution in [3.63, 3.8) is 0 Å². The first-order chi connectivity index (χ1) is 15.6. The van der Waals surface area contributed by atoms with Gasteiger partial charge in [0.1, 0.15) is 35.0 Å². The van der Waals surface area contributed by atoms with Crippen LogP contribution in [0.1, 0.15) is 33.8 Å². The number of benzene rings is 2. The van der Waals surface area contributed by atoms with Crippen LogP contribution in [0, 0.1) is 5.82 Å². The number of hydrogen-bond donors (Lipinski definition) is 2. The van der Waals surface area contributed by atoms with Gasteiger partial charge in [-0.05, 0) is 55.0 Å². The van der Waals surface area contributed by atoms with Gasteiger partial charge in [-0.1, -0.05) is 0 Å². The topological polar surface area (TPSA) is 89.5 Å². The first-order valence-corrected chi connectivity index (χ1v) is 10.4. The summed E-state index contributed by atoms with van der Waals surface area (Å²) in [6.07, 6.45) is 2.45. The van der Waals surface area contributed by atoms with Crippen LogP contribution in [0.5, 0.6) is 17.2 Å². The zero-order chi connectivity index (χ0) is 21.8. The smallest absolute Gasteiger partial charge is 0.251 e. The first-order valence-electron chi connectivity index (χ1n) is 10.4. The number of carbonyl (C=O) groups is 2. The predicted octanol–water partition coefficient (Wildman–Crippen LogP) is 3.55. The quantitative estimate of drug-likeness (QED) is 0.660. The number of carbonyl (C=O) groups excluding carboxylic acids is 2. The number of anilines is 1. The average molecular weight is 431 g/mol. The molecule has 3 heterocycles. The number of aromatic nitrogens is 1. The minimum atomic E-state index is -0.382. The predicted molar refractivity (Wildman–Crippen MR) is 113 cm³/mol. The van der Waals surface area contributed by atoms with E-state index in [1.165, 1.54) is 24.3 Å². The Bertz CT molecular complexity index is 1260. The van der Waals surface area contributed by atoms with Crippen LogP contribution in [-0.2, 0) is 11.2 Å². The Labute approximate surface area is 182 Å². The van der Waals surface area contributed by atoms with E-state index in [4.69, 9.17) is 9.47 Å². The van der Waals surface area contributed by atoms with E-state index in [9.17, 15) is 14.0 Å². The summed E-state index contributed by atoms with van der Waals surface area (Å²) < 4.78 is 25.2. The summed E-state index contributed by atoms with van der Waals surface area (Å²) >= 11 is 0. The van der Waals surface area contributed by atoms with Gasteiger partial charge in [0, 0.05) is 29.3 Å². The fourth-order valence-electron chi connectivity index (χ4n) is 4.39. The SMILES string of the molecule is O=C1CCc2c(Oc3ccc4c(c3)[C@H]3[C@@H](NC(=O)c5ccc(F)cc5)[C@H]3O4)ccnc2N1. The highest BCUT2D eigenvalue weighted by molar-refractivity contribution is 5.95. The van der Waals surface area contributed by atoms with Gasteiger partial charge in [0.25, 0.3) is 5.91 Å². The van der Waals surface area contributed by atoms with E-state index in [0.717, 1.165) is 16.9 Å². The summed E-state index contributed by atoms with van der Waals surface area (Å²) in [7, 11) is 0. The molecule has 1 aliphatic carbocycles. The van der Waals surface area contributed by atoms with Crippen LogP contribution in [-0.4, -0.2) is 28.9 Å². The van der Waals surface area contributed by atoms with Crippen molar-refractivity contribution < 1.29 is 23.5 Å². The van der Waals surface area contributed by atoms with E-state index in [2.05, 4.69) is 15.6 Å². The van der Waals surface area contributed by atoms with E-state index >= 15 is 0 Å². The van der Waals surface area contributed by atoms with Crippen molar-refractivity contribution in [2.24, 2.45) is 0 Å². The zero-order valence-corrected chi connectivity index (χ0v) is 16.8. The van der Waals surface area contributed by atoms with Crippen molar-refractivity contribution in [2.75, 3.05) is 5.32 Å². The number of pyridine rings is 1. The van der Waals surface area contributed by atoms with Crippen LogP contribution >= 0.6 is 0 Å². The Kier molecular flexibility index (Phi) is 4.14. The lowest BCUT2D eigenvalue weighted by atomic mass is 10.1. The summed E-state index contributed by atoms with van der Waals surface area (Å²) in [5, 5.41) is 5.74. The minimum absolute atomic E-state index is 0.0450. The lowest BCUT2D eigenvalue weighted by molar-refractivity contribution is -0.116. The summed E-state index contributed by atoms with van der Waals surface area (Å²) in [5.74, 6) is 1.97. The molecule has 2 amide bonds. The van der Waals surface area contributed by atoms with Crippen molar-refractivity contribution in [3.8, 4) is 17.2 Å². The third kappa shape index (κ3) is 3.15. The number of fused-ring (bicyclic) bond motifs is 4. The van der Waals surface area contributed by atoms with Crippen LogP contribution < -0.4 is 20.1 Å². The van der Waals surface area contributed by atoms with Crippen LogP contribution in [0.15, 0.2) is 54.7 Å². The highest BCUT2D eigenvalue weighted by Crippen LogP contribution is 2.54. The zero-order valence-electron chi connectivity index (χ0n) is 16.8. The van der Waals surface area contributed by atoms with E-state index in [0.29, 0.717) is 35.7 Å². The van der Waals surface area contributed by atoms with Crippen molar-refractivity contribution >= 4 is 17.6 Å². The number of amides is 2. The molecule has 3 atom stereocenters. The Morgan fingerprint density at radius 3 is 2.84 bits per heavy atom. The van der Waals surface area contributed by atoms with Crippen LogP contribution in [0.25, 0.3) is 0 Å². The minimum Gasteiger partial charge on any atom is -0.487 e. The molecule has 0 radical (unpaired) electrons. The molecular formula is C24H18FN3O4. The molecule has 0 bridgehead atoms. The molecule has 7 nitrogen and oxygen atoms in total. The maximum atomic E-state index is 13.1. The molecule has 3 aliphatic rings. The molecule has 6 rings (SSSR count). The summed E-state index contributed by atoms with van der Waals surface area (Å²) in [6.45, 7) is 0. The number of nitrogens with zero attached hydrogens (tertiary/aromatic N) is 1. The second-order valence-electron chi connectivity index (χ2n) is 8.10. The number of hydrogen-bond acceptors (Lipinski definition) is 5. The normalized spacial score (nSPS) is 22.0. The van der Waals surface area contributed by atoms with Gasteiger partial charge in [-0.15, -0.1) is 0 Å². The molecule has 0 spiro atoms. The fourth-order valence-corrected chi connectivity index (χ4v) is 4.39. The van der Waals surface area contributed by atoms with Gasteiger partial charge in [-0.3, -0.25) is 9.59 Å². The molecule has 1 fully saturated rings. The molecule has 2 N–H and O–H groups in total. The molecule has 1 saturated carbocycles. The van der Waals surface area contributed by atoms with Gasteiger partial charge in [0.05, 0.1) is 12.0 Å². The van der Waals surface area contributed by atoms with E-state index in [-0.39, 0.29) is 35.7 Å². The Morgan fingerprint density at radius 1 is 1.16 bits per heavy atom. The largest absolute Gasteiger partial charge is 0.487 e. The lowest BCUT2D eigenvalue weighted by Gasteiger charge is -2.19. The van der Waals surface area contributed by atoms with Gasteiger partial charge in [0.2, 0.25) is 5.91 Å². The lowest BCUT2D eigenvalue weighted by Crippen LogP contribution is -2.30. The second-order valence-corrected chi connectivity index (χ2v) is 8.10. The van der Waals surface area contributed by atoms with Gasteiger partial charge in [-0.2, -0.15) is 0 Å². The van der Waals surface area contributed by atoms with E-state index in [1.807, 2.05) is 18.2 Å². The third-order valence-corrected chi connectivity index (χ3v) is 6.06. The van der Waals surface area contributed by atoms with Crippen molar-refractivity contribution in [3.05, 3.63) is 77.2 Å². The highest BCUT2D eigenvalue weighted by Gasteiger charge is 2.59. The number of nitrogens with one attached hydrogen (secondary N) is 2. The molecule has 0 saturated heterocycles. The molecule has 1 aromatic heterocycles. The number of halogens is 1. The maximum Gasteiger partial charge on any atom is 0.251 e. The van der Waals surface area contributed by atoms with Crippen LogP contribution in [0.2, 0.25) is 0 Å². The van der Waals surface area contributed by atoms with Crippen molar-refractivity contribution in [2.45, 2.75) is 30.9 Å². The maximum absolute atomic E-state index is 13.1. The molecule has 160 valence electrons. The molecule has 2 aliphatic heterocycles. The fraction of sp³-hybridized carbons (Fsp3) is 0.208. The molecule has 32 heavy (non-hydrogen) atoms. The molecular weight excluding hydrogens is 413 g/mol.